The zero-order chi connectivity index (χ0) is 19.3. The van der Waals surface area contributed by atoms with Gasteiger partial charge in [-0.25, -0.2) is 0 Å². The third kappa shape index (κ3) is 20.7. The molecule has 1 atom stereocenters. The van der Waals surface area contributed by atoms with Gasteiger partial charge in [0.1, 0.15) is 0 Å². The van der Waals surface area contributed by atoms with Crippen LogP contribution in [0.4, 0.5) is 0 Å². The van der Waals surface area contributed by atoms with Crippen molar-refractivity contribution in [3.8, 4) is 0 Å². The number of rotatable bonds is 21. The quantitative estimate of drug-likeness (QED) is 0.193. The smallest absolute Gasteiger partial charge is 0.0434 e. The number of hydrogen-bond donors (Lipinski definition) is 3. The molecular weight excluding hydrogens is 358 g/mol. The summed E-state index contributed by atoms with van der Waals surface area (Å²) >= 11 is 0. The molecule has 0 heterocycles. The molecule has 0 aromatic heterocycles. The predicted molar refractivity (Wildman–Crippen MR) is 122 cm³/mol. The second kappa shape index (κ2) is 24.2. The highest BCUT2D eigenvalue weighted by Gasteiger charge is 2.16. The molecule has 4 N–H and O–H groups in total. The molecule has 0 aliphatic rings. The largest absolute Gasteiger partial charge is 0.396 e. The molecule has 4 heteroatoms. The Labute approximate surface area is 176 Å². The first kappa shape index (κ1) is 29.4. The van der Waals surface area contributed by atoms with Crippen LogP contribution < -0.4 is 5.73 Å². The zero-order valence-corrected chi connectivity index (χ0v) is 19.0. The molecule has 0 rings (SSSR count). The van der Waals surface area contributed by atoms with Gasteiger partial charge in [-0.2, -0.15) is 0 Å². The van der Waals surface area contributed by atoms with Crippen molar-refractivity contribution in [2.45, 2.75) is 129 Å². The highest BCUT2D eigenvalue weighted by molar-refractivity contribution is 5.85. The molecule has 1 unspecified atom stereocenters. The molecule has 0 aromatic rings. The highest BCUT2D eigenvalue weighted by Crippen LogP contribution is 2.18. The summed E-state index contributed by atoms with van der Waals surface area (Å²) < 4.78 is 0. The minimum atomic E-state index is 0. The summed E-state index contributed by atoms with van der Waals surface area (Å²) in [5.41, 5.74) is 6.22. The van der Waals surface area contributed by atoms with Crippen LogP contribution in [0.2, 0.25) is 0 Å². The van der Waals surface area contributed by atoms with Crippen molar-refractivity contribution in [2.75, 3.05) is 13.2 Å². The van der Waals surface area contributed by atoms with Gasteiger partial charge in [0.15, 0.2) is 0 Å². The highest BCUT2D eigenvalue weighted by atomic mass is 35.5. The molecule has 0 aliphatic heterocycles. The van der Waals surface area contributed by atoms with Crippen LogP contribution in [0, 0.1) is 5.92 Å². The van der Waals surface area contributed by atoms with E-state index in [9.17, 15) is 0 Å². The fourth-order valence-corrected chi connectivity index (χ4v) is 3.89. The van der Waals surface area contributed by atoms with Gasteiger partial charge >= 0.3 is 0 Å². The van der Waals surface area contributed by atoms with Gasteiger partial charge in [0.05, 0.1) is 0 Å². The van der Waals surface area contributed by atoms with Crippen molar-refractivity contribution in [2.24, 2.45) is 11.7 Å². The molecule has 0 amide bonds. The van der Waals surface area contributed by atoms with Crippen molar-refractivity contribution in [3.63, 3.8) is 0 Å². The van der Waals surface area contributed by atoms with Gasteiger partial charge in [0.2, 0.25) is 0 Å². The Morgan fingerprint density at radius 3 is 1.22 bits per heavy atom. The molecule has 0 bridgehead atoms. The second-order valence-corrected chi connectivity index (χ2v) is 8.19. The third-order valence-electron chi connectivity index (χ3n) is 5.75. The number of hydrogen-bond acceptors (Lipinski definition) is 3. The van der Waals surface area contributed by atoms with Gasteiger partial charge < -0.3 is 15.9 Å². The van der Waals surface area contributed by atoms with Crippen molar-refractivity contribution < 1.29 is 10.2 Å². The lowest BCUT2D eigenvalue weighted by molar-refractivity contribution is 0.195. The Morgan fingerprint density at radius 2 is 0.889 bits per heavy atom. The topological polar surface area (TPSA) is 66.5 Å². The van der Waals surface area contributed by atoms with E-state index in [4.69, 9.17) is 15.9 Å². The first-order valence-corrected chi connectivity index (χ1v) is 11.7. The van der Waals surface area contributed by atoms with Gasteiger partial charge in [-0.1, -0.05) is 103 Å². The summed E-state index contributed by atoms with van der Waals surface area (Å²) in [6.07, 6.45) is 23.2. The molecule has 27 heavy (non-hydrogen) atoms. The van der Waals surface area contributed by atoms with Crippen LogP contribution in [0.3, 0.4) is 0 Å². The number of aliphatic hydroxyl groups is 2. The van der Waals surface area contributed by atoms with Crippen LogP contribution in [-0.4, -0.2) is 29.5 Å². The summed E-state index contributed by atoms with van der Waals surface area (Å²) in [6, 6.07) is 0.135. The van der Waals surface area contributed by atoms with Crippen LogP contribution >= 0.6 is 12.4 Å². The van der Waals surface area contributed by atoms with Crippen LogP contribution in [0.25, 0.3) is 0 Å². The summed E-state index contributed by atoms with van der Waals surface area (Å²) in [7, 11) is 0. The van der Waals surface area contributed by atoms with Crippen LogP contribution in [0.1, 0.15) is 122 Å². The average molecular weight is 408 g/mol. The van der Waals surface area contributed by atoms with E-state index >= 15 is 0 Å². The molecule has 0 saturated carbocycles. The van der Waals surface area contributed by atoms with Crippen molar-refractivity contribution in [1.29, 1.82) is 0 Å². The van der Waals surface area contributed by atoms with Crippen LogP contribution in [0.15, 0.2) is 0 Å². The fraction of sp³-hybridized carbons (Fsp3) is 1.00. The lowest BCUT2D eigenvalue weighted by Gasteiger charge is -2.22. The number of unbranched alkanes of at least 4 members (excludes halogenated alkanes) is 14. The monoisotopic (exact) mass is 407 g/mol. The van der Waals surface area contributed by atoms with E-state index < -0.39 is 0 Å². The van der Waals surface area contributed by atoms with E-state index in [0.717, 1.165) is 19.3 Å². The molecule has 0 radical (unpaired) electrons. The van der Waals surface area contributed by atoms with E-state index in [1.54, 1.807) is 0 Å². The molecule has 166 valence electrons. The average Bonchev–Trinajstić information content (AvgIpc) is 2.64. The molecule has 0 spiro atoms. The van der Waals surface area contributed by atoms with E-state index in [1.807, 2.05) is 0 Å². The molecular formula is C23H50ClNO2. The first-order chi connectivity index (χ1) is 12.8. The SMILES string of the molecule is CCCCCCCCCCCCCCCCCC(N)C(CCO)CCO.Cl. The maximum atomic E-state index is 9.08. The van der Waals surface area contributed by atoms with Crippen molar-refractivity contribution in [1.82, 2.24) is 0 Å². The number of halogens is 1. The lowest BCUT2D eigenvalue weighted by Crippen LogP contribution is -2.31. The Morgan fingerprint density at radius 1 is 0.556 bits per heavy atom. The van der Waals surface area contributed by atoms with E-state index in [0.29, 0.717) is 0 Å². The maximum absolute atomic E-state index is 9.08. The van der Waals surface area contributed by atoms with Gasteiger partial charge in [-0.05, 0) is 25.2 Å². The first-order valence-electron chi connectivity index (χ1n) is 11.7. The Bertz CT molecular complexity index is 261. The van der Waals surface area contributed by atoms with Crippen LogP contribution in [-0.2, 0) is 0 Å². The molecule has 0 aliphatic carbocycles. The minimum absolute atomic E-state index is 0. The predicted octanol–water partition coefficient (Wildman–Crippen LogP) is 6.38. The van der Waals surface area contributed by atoms with E-state index in [-0.39, 0.29) is 37.6 Å². The van der Waals surface area contributed by atoms with Gasteiger partial charge in [-0.15, -0.1) is 12.4 Å². The van der Waals surface area contributed by atoms with Gasteiger partial charge in [-0.3, -0.25) is 0 Å². The van der Waals surface area contributed by atoms with Gasteiger partial charge in [0.25, 0.3) is 0 Å². The Hall–Kier alpha value is 0.170. The van der Waals surface area contributed by atoms with Gasteiger partial charge in [0, 0.05) is 19.3 Å². The Kier molecular flexibility index (Phi) is 26.3. The molecule has 0 fully saturated rings. The van der Waals surface area contributed by atoms with Crippen molar-refractivity contribution >= 4 is 12.4 Å². The Balaban J connectivity index is 0. The minimum Gasteiger partial charge on any atom is -0.396 e. The summed E-state index contributed by atoms with van der Waals surface area (Å²) in [5, 5.41) is 18.2. The van der Waals surface area contributed by atoms with E-state index in [2.05, 4.69) is 6.92 Å². The number of nitrogens with two attached hydrogens (primary N) is 1. The summed E-state index contributed by atoms with van der Waals surface area (Å²) in [5.74, 6) is 0.275. The zero-order valence-electron chi connectivity index (χ0n) is 18.2. The molecule has 0 aromatic carbocycles. The third-order valence-corrected chi connectivity index (χ3v) is 5.75. The molecule has 0 saturated heterocycles. The fourth-order valence-electron chi connectivity index (χ4n) is 3.89. The maximum Gasteiger partial charge on any atom is 0.0434 e. The van der Waals surface area contributed by atoms with Crippen molar-refractivity contribution in [3.05, 3.63) is 0 Å². The lowest BCUT2D eigenvalue weighted by atomic mass is 9.90. The second-order valence-electron chi connectivity index (χ2n) is 8.19. The standard InChI is InChI=1S/C23H49NO2.ClH/c1-2-3-4-5-6-7-8-9-10-11-12-13-14-15-16-17-23(24)22(18-20-25)19-21-26;/h22-23,25-26H,2-21,24H2,1H3;1H. The van der Waals surface area contributed by atoms with E-state index in [1.165, 1.54) is 96.3 Å². The number of aliphatic hydroxyl groups excluding tert-OH is 2. The summed E-state index contributed by atoms with van der Waals surface area (Å²) in [4.78, 5) is 0. The molecule has 3 nitrogen and oxygen atoms in total. The summed E-state index contributed by atoms with van der Waals surface area (Å²) in [6.45, 7) is 2.64. The van der Waals surface area contributed by atoms with Crippen LogP contribution in [0.5, 0.6) is 0 Å². The normalized spacial score (nSPS) is 12.3.